The zero-order valence-electron chi connectivity index (χ0n) is 42.9. The van der Waals surface area contributed by atoms with Crippen molar-refractivity contribution >= 4 is 21.9 Å². The first-order valence-corrected chi connectivity index (χ1v) is 26.5. The second-order valence-electron chi connectivity index (χ2n) is 19.6. The predicted molar refractivity (Wildman–Crippen MR) is 324 cm³/mol. The fraction of sp³-hybridized carbons (Fsp3) is 0. The molecule has 5 heterocycles. The van der Waals surface area contributed by atoms with Gasteiger partial charge >= 0.3 is 0 Å². The molecule has 0 unspecified atom stereocenters. The van der Waals surface area contributed by atoms with Gasteiger partial charge in [-0.2, -0.15) is 0 Å². The lowest BCUT2D eigenvalue weighted by Crippen LogP contribution is -2.01. The third-order valence-electron chi connectivity index (χ3n) is 14.9. The maximum absolute atomic E-state index is 5.24. The number of aromatic nitrogens is 6. The van der Waals surface area contributed by atoms with Crippen LogP contribution in [-0.4, -0.2) is 29.5 Å². The van der Waals surface area contributed by atoms with Crippen LogP contribution in [0.2, 0.25) is 0 Å². The van der Waals surface area contributed by atoms with E-state index in [1.54, 1.807) is 0 Å². The van der Waals surface area contributed by atoms with Crippen LogP contribution in [-0.2, 0) is 0 Å². The molecule has 370 valence electrons. The smallest absolute Gasteiger partial charge is 0.161 e. The van der Waals surface area contributed by atoms with E-state index in [0.29, 0.717) is 5.82 Å². The van der Waals surface area contributed by atoms with Crippen LogP contribution in [0.25, 0.3) is 140 Å². The maximum atomic E-state index is 5.24. The second-order valence-corrected chi connectivity index (χ2v) is 19.6. The molecule has 0 aliphatic heterocycles. The Balaban J connectivity index is 0.861. The highest BCUT2D eigenvalue weighted by Gasteiger charge is 2.19. The number of fused-ring (bicyclic) bond motifs is 3. The number of rotatable bonds is 11. The molecule has 14 rings (SSSR count). The zero-order chi connectivity index (χ0) is 52.5. The van der Waals surface area contributed by atoms with Crippen LogP contribution >= 0.6 is 0 Å². The molecule has 9 aromatic carbocycles. The Bertz CT molecular complexity index is 4350. The summed E-state index contributed by atoms with van der Waals surface area (Å²) in [5.74, 6) is 1.39. The SMILES string of the molecule is c1ccc(-c2ccc3c4ccccc4n(-c4ccnc(-c5ccc(-c6ccccc6-c6cc(-c7ccccc7-c7ccc(-c8ccccn8)cc7)cc(-c7ccccc7-c7ccc(-c8ccccn8)cc7)c6)cc5)n4)c3n2)cc1. The summed E-state index contributed by atoms with van der Waals surface area (Å²) in [7, 11) is 0. The minimum Gasteiger partial charge on any atom is -0.278 e. The molecule has 6 nitrogen and oxygen atoms in total. The average Bonchev–Trinajstić information content (AvgIpc) is 4.10. The standard InChI is InChI=1S/C73H48N6/c1-2-16-52(17-3-1)69-41-40-66-65-24-10-11-27-70(65)79(73(66)77-69)71-42-45-76-72(78-71)55-38-32-51(33-39-55)61-20-6-9-23-64(61)58-47-56(62-21-7-4-18-59(62)49-28-34-53(35-29-49)67-25-12-14-43-74-67)46-57(48-58)63-22-8-5-19-60(63)50-30-36-54(37-31-50)68-26-13-15-44-75-68/h1-48H. The van der Waals surface area contributed by atoms with Crippen molar-refractivity contribution in [1.29, 1.82) is 0 Å². The molecule has 0 saturated carbocycles. The summed E-state index contributed by atoms with van der Waals surface area (Å²) in [6, 6.07) is 96.5. The molecule has 0 spiro atoms. The number of hydrogen-bond donors (Lipinski definition) is 0. The molecule has 0 atom stereocenters. The first kappa shape index (κ1) is 46.8. The Morgan fingerprint density at radius 3 is 1.15 bits per heavy atom. The van der Waals surface area contributed by atoms with Crippen LogP contribution in [0.3, 0.4) is 0 Å². The Kier molecular flexibility index (Phi) is 12.1. The fourth-order valence-electron chi connectivity index (χ4n) is 11.0. The van der Waals surface area contributed by atoms with Gasteiger partial charge in [-0.1, -0.05) is 206 Å². The van der Waals surface area contributed by atoms with Crippen molar-refractivity contribution in [3.8, 4) is 118 Å². The van der Waals surface area contributed by atoms with E-state index in [2.05, 4.69) is 239 Å². The molecule has 0 saturated heterocycles. The number of nitrogens with zero attached hydrogens (tertiary/aromatic N) is 6. The molecule has 79 heavy (non-hydrogen) atoms. The monoisotopic (exact) mass is 1010 g/mol. The predicted octanol–water partition coefficient (Wildman–Crippen LogP) is 18.4. The molecule has 5 aromatic heterocycles. The lowest BCUT2D eigenvalue weighted by Gasteiger charge is -2.18. The van der Waals surface area contributed by atoms with E-state index in [4.69, 9.17) is 15.0 Å². The summed E-state index contributed by atoms with van der Waals surface area (Å²) in [5, 5.41) is 2.19. The average molecular weight is 1010 g/mol. The molecule has 0 aliphatic carbocycles. The van der Waals surface area contributed by atoms with Crippen molar-refractivity contribution in [3.05, 3.63) is 292 Å². The van der Waals surface area contributed by atoms with Crippen molar-refractivity contribution in [2.24, 2.45) is 0 Å². The van der Waals surface area contributed by atoms with E-state index < -0.39 is 0 Å². The highest BCUT2D eigenvalue weighted by atomic mass is 15.1. The topological polar surface area (TPSA) is 69.4 Å². The minimum absolute atomic E-state index is 0.634. The highest BCUT2D eigenvalue weighted by Crippen LogP contribution is 2.43. The van der Waals surface area contributed by atoms with Gasteiger partial charge in [-0.05, 0) is 133 Å². The molecule has 0 fully saturated rings. The Labute approximate surface area is 458 Å². The van der Waals surface area contributed by atoms with Gasteiger partial charge < -0.3 is 0 Å². The number of para-hydroxylation sites is 1. The van der Waals surface area contributed by atoms with Crippen LogP contribution in [0, 0.1) is 0 Å². The van der Waals surface area contributed by atoms with Crippen molar-refractivity contribution in [1.82, 2.24) is 29.5 Å². The summed E-state index contributed by atoms with van der Waals surface area (Å²) < 4.78 is 2.16. The van der Waals surface area contributed by atoms with Crippen molar-refractivity contribution in [3.63, 3.8) is 0 Å². The molecule has 0 bridgehead atoms. The number of pyridine rings is 3. The van der Waals surface area contributed by atoms with Crippen molar-refractivity contribution < 1.29 is 0 Å². The van der Waals surface area contributed by atoms with E-state index in [1.165, 1.54) is 0 Å². The third kappa shape index (κ3) is 9.03. The number of hydrogen-bond acceptors (Lipinski definition) is 5. The zero-order valence-corrected chi connectivity index (χ0v) is 42.9. The van der Waals surface area contributed by atoms with E-state index in [0.717, 1.165) is 134 Å². The number of benzene rings is 9. The van der Waals surface area contributed by atoms with Gasteiger partial charge in [0.1, 0.15) is 11.5 Å². The normalized spacial score (nSPS) is 11.3. The molecule has 0 aliphatic rings. The van der Waals surface area contributed by atoms with Gasteiger partial charge in [0.25, 0.3) is 0 Å². The first-order chi connectivity index (χ1) is 39.2. The summed E-state index contributed by atoms with van der Waals surface area (Å²) in [6.45, 7) is 0. The third-order valence-corrected chi connectivity index (χ3v) is 14.9. The van der Waals surface area contributed by atoms with Gasteiger partial charge in [-0.15, -0.1) is 0 Å². The summed E-state index contributed by atoms with van der Waals surface area (Å²) in [6.07, 6.45) is 5.53. The van der Waals surface area contributed by atoms with Crippen LogP contribution in [0.5, 0.6) is 0 Å². The summed E-state index contributed by atoms with van der Waals surface area (Å²) >= 11 is 0. The van der Waals surface area contributed by atoms with Gasteiger partial charge in [-0.25, -0.2) is 15.0 Å². The van der Waals surface area contributed by atoms with E-state index in [9.17, 15) is 0 Å². The molecular formula is C73H48N6. The summed E-state index contributed by atoms with van der Waals surface area (Å²) in [5.41, 5.74) is 22.4. The minimum atomic E-state index is 0.634. The molecule has 0 N–H and O–H groups in total. The fourth-order valence-corrected chi connectivity index (χ4v) is 11.0. The lowest BCUT2D eigenvalue weighted by atomic mass is 9.86. The van der Waals surface area contributed by atoms with E-state index in [1.807, 2.05) is 67.1 Å². The molecule has 0 radical (unpaired) electrons. The quantitative estimate of drug-likeness (QED) is 0.129. The Hall–Kier alpha value is -10.7. The Morgan fingerprint density at radius 1 is 0.241 bits per heavy atom. The lowest BCUT2D eigenvalue weighted by molar-refractivity contribution is 1.03. The van der Waals surface area contributed by atoms with Crippen molar-refractivity contribution in [2.75, 3.05) is 0 Å². The van der Waals surface area contributed by atoms with Gasteiger partial charge in [0.15, 0.2) is 5.82 Å². The van der Waals surface area contributed by atoms with E-state index in [-0.39, 0.29) is 0 Å². The van der Waals surface area contributed by atoms with Crippen LogP contribution < -0.4 is 0 Å². The van der Waals surface area contributed by atoms with Gasteiger partial charge in [-0.3, -0.25) is 14.5 Å². The van der Waals surface area contributed by atoms with Gasteiger partial charge in [0, 0.05) is 51.6 Å². The van der Waals surface area contributed by atoms with Gasteiger partial charge in [0.2, 0.25) is 0 Å². The van der Waals surface area contributed by atoms with Crippen LogP contribution in [0.15, 0.2) is 292 Å². The Morgan fingerprint density at radius 2 is 0.658 bits per heavy atom. The van der Waals surface area contributed by atoms with Crippen molar-refractivity contribution in [2.45, 2.75) is 0 Å². The molecule has 14 aromatic rings. The first-order valence-electron chi connectivity index (χ1n) is 26.5. The molecule has 0 amide bonds. The van der Waals surface area contributed by atoms with Crippen LogP contribution in [0.4, 0.5) is 0 Å². The second kappa shape index (κ2) is 20.4. The molecule has 6 heteroatoms. The summed E-state index contributed by atoms with van der Waals surface area (Å²) in [4.78, 5) is 24.5. The largest absolute Gasteiger partial charge is 0.278 e. The highest BCUT2D eigenvalue weighted by molar-refractivity contribution is 6.08. The van der Waals surface area contributed by atoms with Gasteiger partial charge in [0.05, 0.1) is 22.6 Å². The maximum Gasteiger partial charge on any atom is 0.161 e. The molecular weight excluding hydrogens is 961 g/mol. The van der Waals surface area contributed by atoms with Crippen LogP contribution in [0.1, 0.15) is 0 Å². The van der Waals surface area contributed by atoms with E-state index >= 15 is 0 Å².